The van der Waals surface area contributed by atoms with E-state index < -0.39 is 0 Å². The maximum Gasteiger partial charge on any atom is 0.225 e. The number of benzene rings is 1. The molecule has 3 nitrogen and oxygen atoms in total. The fourth-order valence-electron chi connectivity index (χ4n) is 2.47. The van der Waals surface area contributed by atoms with E-state index >= 15 is 0 Å². The highest BCUT2D eigenvalue weighted by molar-refractivity contribution is 5.92. The summed E-state index contributed by atoms with van der Waals surface area (Å²) in [5, 5.41) is 6.39. The number of hydrogen-bond acceptors (Lipinski definition) is 2. The molecule has 1 aliphatic heterocycles. The van der Waals surface area contributed by atoms with Crippen LogP contribution in [0.25, 0.3) is 0 Å². The van der Waals surface area contributed by atoms with Crippen molar-refractivity contribution in [1.29, 1.82) is 0 Å². The number of amides is 1. The Labute approximate surface area is 121 Å². The van der Waals surface area contributed by atoms with Crippen LogP contribution >= 0.6 is 12.4 Å². The van der Waals surface area contributed by atoms with E-state index in [4.69, 9.17) is 0 Å². The van der Waals surface area contributed by atoms with Gasteiger partial charge < -0.3 is 10.6 Å². The molecule has 0 bridgehead atoms. The zero-order chi connectivity index (χ0) is 13.0. The third-order valence-electron chi connectivity index (χ3n) is 3.45. The predicted molar refractivity (Wildman–Crippen MR) is 82.1 cm³/mol. The van der Waals surface area contributed by atoms with Gasteiger partial charge in [-0.2, -0.15) is 0 Å². The summed E-state index contributed by atoms with van der Waals surface area (Å²) in [5.74, 6) is 0.536. The molecule has 1 aliphatic rings. The molecule has 2 N–H and O–H groups in total. The van der Waals surface area contributed by atoms with Crippen LogP contribution < -0.4 is 10.6 Å². The third-order valence-corrected chi connectivity index (χ3v) is 3.45. The van der Waals surface area contributed by atoms with Gasteiger partial charge in [-0.05, 0) is 36.9 Å². The van der Waals surface area contributed by atoms with Crippen LogP contribution in [0.15, 0.2) is 24.3 Å². The average Bonchev–Trinajstić information content (AvgIpc) is 2.82. The highest BCUT2D eigenvalue weighted by atomic mass is 35.5. The van der Waals surface area contributed by atoms with Crippen molar-refractivity contribution in [2.24, 2.45) is 0 Å². The topological polar surface area (TPSA) is 41.1 Å². The monoisotopic (exact) mass is 282 g/mol. The van der Waals surface area contributed by atoms with Gasteiger partial charge in [-0.1, -0.05) is 32.0 Å². The number of rotatable bonds is 4. The smallest absolute Gasteiger partial charge is 0.225 e. The van der Waals surface area contributed by atoms with E-state index in [9.17, 15) is 4.79 Å². The Balaban J connectivity index is 0.00000180. The van der Waals surface area contributed by atoms with Gasteiger partial charge in [-0.25, -0.2) is 0 Å². The van der Waals surface area contributed by atoms with Crippen molar-refractivity contribution in [3.8, 4) is 0 Å². The second-order valence-corrected chi connectivity index (χ2v) is 5.29. The highest BCUT2D eigenvalue weighted by Gasteiger charge is 2.18. The van der Waals surface area contributed by atoms with Crippen LogP contribution in [-0.4, -0.2) is 18.5 Å². The summed E-state index contributed by atoms with van der Waals surface area (Å²) >= 11 is 0. The lowest BCUT2D eigenvalue weighted by Crippen LogP contribution is -2.27. The van der Waals surface area contributed by atoms with Gasteiger partial charge in [0.05, 0.1) is 0 Å². The van der Waals surface area contributed by atoms with Gasteiger partial charge in [0, 0.05) is 18.2 Å². The van der Waals surface area contributed by atoms with E-state index in [-0.39, 0.29) is 18.3 Å². The highest BCUT2D eigenvalue weighted by Crippen LogP contribution is 2.24. The minimum atomic E-state index is 0. The Hall–Kier alpha value is -1.06. The molecule has 106 valence electrons. The van der Waals surface area contributed by atoms with Crippen molar-refractivity contribution in [2.45, 2.75) is 45.1 Å². The number of para-hydroxylation sites is 1. The summed E-state index contributed by atoms with van der Waals surface area (Å²) in [7, 11) is 0. The van der Waals surface area contributed by atoms with E-state index in [1.54, 1.807) is 0 Å². The molecule has 0 aliphatic carbocycles. The molecule has 1 atom stereocenters. The summed E-state index contributed by atoms with van der Waals surface area (Å²) < 4.78 is 0. The van der Waals surface area contributed by atoms with E-state index in [2.05, 4.69) is 30.5 Å². The molecule has 1 aromatic rings. The first-order valence-corrected chi connectivity index (χ1v) is 6.79. The van der Waals surface area contributed by atoms with Gasteiger partial charge in [0.1, 0.15) is 0 Å². The van der Waals surface area contributed by atoms with Crippen LogP contribution in [0.2, 0.25) is 0 Å². The molecule has 1 unspecified atom stereocenters. The molecule has 1 amide bonds. The first kappa shape index (κ1) is 16.0. The average molecular weight is 283 g/mol. The molecule has 19 heavy (non-hydrogen) atoms. The molecule has 1 heterocycles. The molecule has 4 heteroatoms. The zero-order valence-corrected chi connectivity index (χ0v) is 12.4. The maximum absolute atomic E-state index is 12.0. The normalized spacial score (nSPS) is 18.2. The fraction of sp³-hybridized carbons (Fsp3) is 0.533. The van der Waals surface area contributed by atoms with Crippen LogP contribution in [0.5, 0.6) is 0 Å². The van der Waals surface area contributed by atoms with E-state index in [1.807, 2.05) is 18.2 Å². The van der Waals surface area contributed by atoms with Crippen molar-refractivity contribution >= 4 is 24.0 Å². The summed E-state index contributed by atoms with van der Waals surface area (Å²) in [6.45, 7) is 5.33. The molecule has 0 saturated carbocycles. The second-order valence-electron chi connectivity index (χ2n) is 5.29. The minimum absolute atomic E-state index is 0. The lowest BCUT2D eigenvalue weighted by atomic mass is 10.0. The van der Waals surface area contributed by atoms with Crippen LogP contribution in [0.1, 0.15) is 44.6 Å². The van der Waals surface area contributed by atoms with Crippen molar-refractivity contribution < 1.29 is 4.79 Å². The standard InChI is InChI=1S/C15H22N2O.ClH/c1-11(2)13-7-3-4-8-14(13)17-15(18)10-12-6-5-9-16-12;/h3-4,7-8,11-12,16H,5-6,9-10H2,1-2H3,(H,17,18);1H. The Morgan fingerprint density at radius 2 is 2.16 bits per heavy atom. The van der Waals surface area contributed by atoms with E-state index in [0.29, 0.717) is 18.4 Å². The molecule has 1 fully saturated rings. The van der Waals surface area contributed by atoms with Crippen molar-refractivity contribution in [3.63, 3.8) is 0 Å². The van der Waals surface area contributed by atoms with Crippen molar-refractivity contribution in [1.82, 2.24) is 5.32 Å². The number of carbonyl (C=O) groups is 1. The number of carbonyl (C=O) groups excluding carboxylic acids is 1. The second kappa shape index (κ2) is 7.51. The van der Waals surface area contributed by atoms with Gasteiger partial charge >= 0.3 is 0 Å². The number of halogens is 1. The summed E-state index contributed by atoms with van der Waals surface area (Å²) in [6, 6.07) is 8.40. The van der Waals surface area contributed by atoms with Gasteiger partial charge in [-0.3, -0.25) is 4.79 Å². The Morgan fingerprint density at radius 1 is 1.42 bits per heavy atom. The summed E-state index contributed by atoms with van der Waals surface area (Å²) in [4.78, 5) is 12.0. The Kier molecular flexibility index (Phi) is 6.32. The molecule has 0 aromatic heterocycles. The van der Waals surface area contributed by atoms with E-state index in [1.165, 1.54) is 12.0 Å². The minimum Gasteiger partial charge on any atom is -0.326 e. The van der Waals surface area contributed by atoms with Crippen molar-refractivity contribution in [2.75, 3.05) is 11.9 Å². The molecule has 0 spiro atoms. The van der Waals surface area contributed by atoms with Crippen molar-refractivity contribution in [3.05, 3.63) is 29.8 Å². The SMILES string of the molecule is CC(C)c1ccccc1NC(=O)CC1CCCN1.Cl. The first-order valence-electron chi connectivity index (χ1n) is 6.79. The summed E-state index contributed by atoms with van der Waals surface area (Å²) in [5.41, 5.74) is 2.15. The molecule has 1 aromatic carbocycles. The molecular formula is C15H23ClN2O. The van der Waals surface area contributed by atoms with Gasteiger partial charge in [0.2, 0.25) is 5.91 Å². The molecule has 1 saturated heterocycles. The van der Waals surface area contributed by atoms with E-state index in [0.717, 1.165) is 18.7 Å². The van der Waals surface area contributed by atoms with Crippen LogP contribution in [0.3, 0.4) is 0 Å². The number of anilines is 1. The predicted octanol–water partition coefficient (Wildman–Crippen LogP) is 3.31. The molecular weight excluding hydrogens is 260 g/mol. The van der Waals surface area contributed by atoms with Gasteiger partial charge in [0.25, 0.3) is 0 Å². The molecule has 2 rings (SSSR count). The summed E-state index contributed by atoms with van der Waals surface area (Å²) in [6.07, 6.45) is 2.87. The van der Waals surface area contributed by atoms with Crippen LogP contribution in [0, 0.1) is 0 Å². The number of nitrogens with one attached hydrogen (secondary N) is 2. The van der Waals surface area contributed by atoms with Gasteiger partial charge in [-0.15, -0.1) is 12.4 Å². The Bertz CT molecular complexity index is 414. The van der Waals surface area contributed by atoms with Crippen LogP contribution in [-0.2, 0) is 4.79 Å². The fourth-order valence-corrected chi connectivity index (χ4v) is 2.47. The zero-order valence-electron chi connectivity index (χ0n) is 11.6. The Morgan fingerprint density at radius 3 is 2.79 bits per heavy atom. The third kappa shape index (κ3) is 4.51. The largest absolute Gasteiger partial charge is 0.326 e. The van der Waals surface area contributed by atoms with Crippen LogP contribution in [0.4, 0.5) is 5.69 Å². The lowest BCUT2D eigenvalue weighted by molar-refractivity contribution is -0.116. The maximum atomic E-state index is 12.0. The quantitative estimate of drug-likeness (QED) is 0.889. The number of hydrogen-bond donors (Lipinski definition) is 2. The lowest BCUT2D eigenvalue weighted by Gasteiger charge is -2.15. The molecule has 0 radical (unpaired) electrons. The first-order chi connectivity index (χ1) is 8.66. The van der Waals surface area contributed by atoms with Gasteiger partial charge in [0.15, 0.2) is 0 Å².